The Morgan fingerprint density at radius 3 is 2.60 bits per heavy atom. The van der Waals surface area contributed by atoms with Crippen molar-refractivity contribution in [2.24, 2.45) is 11.8 Å². The van der Waals surface area contributed by atoms with E-state index in [9.17, 15) is 8.42 Å². The average molecular weight is 300 g/mol. The van der Waals surface area contributed by atoms with Crippen LogP contribution in [0, 0.1) is 11.8 Å². The van der Waals surface area contributed by atoms with E-state index in [1.165, 1.54) is 25.7 Å². The summed E-state index contributed by atoms with van der Waals surface area (Å²) in [6, 6.07) is 0.319. The molecule has 3 aliphatic rings. The van der Waals surface area contributed by atoms with Crippen molar-refractivity contribution >= 4 is 10.0 Å². The van der Waals surface area contributed by atoms with E-state index in [1.807, 2.05) is 4.31 Å². The van der Waals surface area contributed by atoms with Crippen molar-refractivity contribution in [3.8, 4) is 0 Å². The summed E-state index contributed by atoms with van der Waals surface area (Å²) >= 11 is 0. The minimum absolute atomic E-state index is 0.317. The van der Waals surface area contributed by atoms with Crippen molar-refractivity contribution in [3.05, 3.63) is 0 Å². The molecular weight excluding hydrogens is 272 g/mol. The van der Waals surface area contributed by atoms with Gasteiger partial charge in [-0.05, 0) is 63.5 Å². The molecule has 2 aliphatic heterocycles. The lowest BCUT2D eigenvalue weighted by Gasteiger charge is -2.43. The molecule has 1 saturated carbocycles. The quantitative estimate of drug-likeness (QED) is 0.867. The van der Waals surface area contributed by atoms with Crippen molar-refractivity contribution < 1.29 is 8.42 Å². The Balaban J connectivity index is 1.68. The lowest BCUT2D eigenvalue weighted by atomic mass is 9.79. The van der Waals surface area contributed by atoms with Crippen LogP contribution < -0.4 is 5.32 Å². The highest BCUT2D eigenvalue weighted by atomic mass is 32.2. The topological polar surface area (TPSA) is 49.4 Å². The standard InChI is InChI=1S/C15H28N2O2S/c18-20(19,12-13-5-3-9-16-11-13)17-10-4-7-14-6-1-2-8-15(14)17/h13-16H,1-12H2. The summed E-state index contributed by atoms with van der Waals surface area (Å²) in [6.07, 6.45) is 9.31. The van der Waals surface area contributed by atoms with E-state index in [1.54, 1.807) is 0 Å². The van der Waals surface area contributed by atoms with Crippen LogP contribution in [0.1, 0.15) is 51.4 Å². The second-order valence-corrected chi connectivity index (χ2v) is 8.82. The summed E-state index contributed by atoms with van der Waals surface area (Å²) in [6.45, 7) is 2.69. The molecule has 3 atom stereocenters. The van der Waals surface area contributed by atoms with Gasteiger partial charge in [-0.2, -0.15) is 4.31 Å². The fourth-order valence-corrected chi connectivity index (χ4v) is 6.55. The number of piperidine rings is 2. The molecule has 5 heteroatoms. The second kappa shape index (κ2) is 6.32. The summed E-state index contributed by atoms with van der Waals surface area (Å²) in [5.74, 6) is 1.32. The molecule has 0 aromatic rings. The third-order valence-corrected chi connectivity index (χ3v) is 7.46. The molecule has 3 rings (SSSR count). The van der Waals surface area contributed by atoms with Gasteiger partial charge >= 0.3 is 0 Å². The largest absolute Gasteiger partial charge is 0.316 e. The monoisotopic (exact) mass is 300 g/mol. The third-order valence-electron chi connectivity index (χ3n) is 5.39. The van der Waals surface area contributed by atoms with E-state index in [2.05, 4.69) is 5.32 Å². The number of nitrogens with one attached hydrogen (secondary N) is 1. The van der Waals surface area contributed by atoms with Crippen LogP contribution in [0.5, 0.6) is 0 Å². The summed E-state index contributed by atoms with van der Waals surface area (Å²) in [5.41, 5.74) is 0. The number of sulfonamides is 1. The molecule has 0 aromatic carbocycles. The first-order chi connectivity index (χ1) is 9.67. The van der Waals surface area contributed by atoms with E-state index in [0.717, 1.165) is 45.3 Å². The predicted molar refractivity (Wildman–Crippen MR) is 81.1 cm³/mol. The molecule has 1 aliphatic carbocycles. The lowest BCUT2D eigenvalue weighted by molar-refractivity contribution is 0.128. The number of rotatable bonds is 3. The summed E-state index contributed by atoms with van der Waals surface area (Å²) < 4.78 is 27.5. The van der Waals surface area contributed by atoms with Crippen LogP contribution >= 0.6 is 0 Å². The van der Waals surface area contributed by atoms with Crippen molar-refractivity contribution in [3.63, 3.8) is 0 Å². The Morgan fingerprint density at radius 2 is 1.80 bits per heavy atom. The highest BCUT2D eigenvalue weighted by molar-refractivity contribution is 7.89. The molecule has 4 nitrogen and oxygen atoms in total. The van der Waals surface area contributed by atoms with Gasteiger partial charge in [0.2, 0.25) is 10.0 Å². The van der Waals surface area contributed by atoms with Crippen molar-refractivity contribution in [1.82, 2.24) is 9.62 Å². The van der Waals surface area contributed by atoms with E-state index < -0.39 is 10.0 Å². The van der Waals surface area contributed by atoms with Crippen molar-refractivity contribution in [1.29, 1.82) is 0 Å². The van der Waals surface area contributed by atoms with Crippen molar-refractivity contribution in [2.75, 3.05) is 25.4 Å². The first-order valence-corrected chi connectivity index (χ1v) is 9.98. The van der Waals surface area contributed by atoms with Crippen LogP contribution in [-0.4, -0.2) is 44.2 Å². The lowest BCUT2D eigenvalue weighted by Crippen LogP contribution is -2.51. The third kappa shape index (κ3) is 3.20. The Labute approximate surface area is 123 Å². The van der Waals surface area contributed by atoms with Gasteiger partial charge in [0.25, 0.3) is 0 Å². The zero-order valence-electron chi connectivity index (χ0n) is 12.4. The van der Waals surface area contributed by atoms with Crippen LogP contribution in [0.4, 0.5) is 0 Å². The molecule has 116 valence electrons. The summed E-state index contributed by atoms with van der Waals surface area (Å²) in [4.78, 5) is 0. The van der Waals surface area contributed by atoms with Gasteiger partial charge in [-0.1, -0.05) is 12.8 Å². The first-order valence-electron chi connectivity index (χ1n) is 8.37. The maximum atomic E-state index is 12.8. The Kier molecular flexibility index (Phi) is 4.68. The average Bonchev–Trinajstić information content (AvgIpc) is 2.47. The molecule has 2 saturated heterocycles. The number of fused-ring (bicyclic) bond motifs is 1. The number of nitrogens with zero attached hydrogens (tertiary/aromatic N) is 1. The molecule has 1 N–H and O–H groups in total. The van der Waals surface area contributed by atoms with Crippen LogP contribution in [-0.2, 0) is 10.0 Å². The van der Waals surface area contributed by atoms with Gasteiger partial charge in [0.15, 0.2) is 0 Å². The van der Waals surface area contributed by atoms with Crippen molar-refractivity contribution in [2.45, 2.75) is 57.4 Å². The van der Waals surface area contributed by atoms with Gasteiger partial charge in [0.1, 0.15) is 0 Å². The fourth-order valence-electron chi connectivity index (χ4n) is 4.38. The molecular formula is C15H28N2O2S. The molecule has 0 aromatic heterocycles. The summed E-state index contributed by atoms with van der Waals surface area (Å²) in [5, 5.41) is 3.33. The van der Waals surface area contributed by atoms with E-state index >= 15 is 0 Å². The van der Waals surface area contributed by atoms with Crippen LogP contribution in [0.2, 0.25) is 0 Å². The number of hydrogen-bond donors (Lipinski definition) is 1. The van der Waals surface area contributed by atoms with Gasteiger partial charge < -0.3 is 5.32 Å². The molecule has 0 bridgehead atoms. The zero-order chi connectivity index (χ0) is 14.0. The van der Waals surface area contributed by atoms with E-state index in [0.29, 0.717) is 23.6 Å². The SMILES string of the molecule is O=S(=O)(CC1CCCNC1)N1CCCC2CCCCC21. The molecule has 0 spiro atoms. The minimum Gasteiger partial charge on any atom is -0.316 e. The van der Waals surface area contributed by atoms with Crippen LogP contribution in [0.3, 0.4) is 0 Å². The summed E-state index contributed by atoms with van der Waals surface area (Å²) in [7, 11) is -3.06. The zero-order valence-corrected chi connectivity index (χ0v) is 13.2. The molecule has 0 amide bonds. The van der Waals surface area contributed by atoms with Gasteiger partial charge in [-0.25, -0.2) is 8.42 Å². The Morgan fingerprint density at radius 1 is 1.00 bits per heavy atom. The molecule has 3 unspecified atom stereocenters. The van der Waals surface area contributed by atoms with Crippen LogP contribution in [0.15, 0.2) is 0 Å². The highest BCUT2D eigenvalue weighted by Crippen LogP contribution is 2.37. The Hall–Kier alpha value is -0.130. The smallest absolute Gasteiger partial charge is 0.214 e. The first kappa shape index (κ1) is 14.8. The maximum Gasteiger partial charge on any atom is 0.214 e. The Bertz CT molecular complexity index is 416. The second-order valence-electron chi connectivity index (χ2n) is 6.86. The van der Waals surface area contributed by atoms with E-state index in [4.69, 9.17) is 0 Å². The van der Waals surface area contributed by atoms with Gasteiger partial charge in [0.05, 0.1) is 5.75 Å². The number of hydrogen-bond acceptors (Lipinski definition) is 3. The van der Waals surface area contributed by atoms with Gasteiger partial charge in [-0.15, -0.1) is 0 Å². The highest BCUT2D eigenvalue weighted by Gasteiger charge is 2.39. The molecule has 3 fully saturated rings. The minimum atomic E-state index is -3.06. The van der Waals surface area contributed by atoms with Gasteiger partial charge in [0, 0.05) is 12.6 Å². The normalized spacial score (nSPS) is 36.5. The predicted octanol–water partition coefficient (Wildman–Crippen LogP) is 1.97. The van der Waals surface area contributed by atoms with E-state index in [-0.39, 0.29) is 0 Å². The fraction of sp³-hybridized carbons (Fsp3) is 1.00. The van der Waals surface area contributed by atoms with Crippen LogP contribution in [0.25, 0.3) is 0 Å². The maximum absolute atomic E-state index is 12.8. The molecule has 20 heavy (non-hydrogen) atoms. The van der Waals surface area contributed by atoms with Gasteiger partial charge in [-0.3, -0.25) is 0 Å². The molecule has 0 radical (unpaired) electrons. The molecule has 2 heterocycles.